The molecule has 0 aromatic heterocycles. The Labute approximate surface area is 102 Å². The van der Waals surface area contributed by atoms with Gasteiger partial charge in [-0.1, -0.05) is 12.8 Å². The van der Waals surface area contributed by atoms with Gasteiger partial charge in [0.25, 0.3) is 0 Å². The van der Waals surface area contributed by atoms with E-state index in [1.165, 1.54) is 12.8 Å². The van der Waals surface area contributed by atoms with Crippen molar-refractivity contribution in [1.29, 1.82) is 0 Å². The number of hydrogen-bond acceptors (Lipinski definition) is 4. The van der Waals surface area contributed by atoms with Gasteiger partial charge in [-0.25, -0.2) is 9.59 Å². The van der Waals surface area contributed by atoms with Crippen LogP contribution < -0.4 is 11.5 Å². The van der Waals surface area contributed by atoms with Gasteiger partial charge < -0.3 is 21.7 Å². The number of hydrogen-bond donors (Lipinski definition) is 4. The van der Waals surface area contributed by atoms with Crippen LogP contribution in [-0.4, -0.2) is 34.2 Å². The van der Waals surface area contributed by atoms with Gasteiger partial charge in [0.15, 0.2) is 0 Å². The molecule has 1 aliphatic rings. The van der Waals surface area contributed by atoms with Crippen molar-refractivity contribution < 1.29 is 40.9 Å². The van der Waals surface area contributed by atoms with Crippen LogP contribution in [0, 0.1) is 0 Å². The number of nitrogens with two attached hydrogens (primary N) is 2. The Morgan fingerprint density at radius 3 is 1.33 bits per heavy atom. The minimum absolute atomic E-state index is 0. The Bertz CT molecular complexity index is 191. The molecule has 0 aliphatic heterocycles. The van der Waals surface area contributed by atoms with E-state index in [9.17, 15) is 0 Å². The molecule has 15 heavy (non-hydrogen) atoms. The first-order valence-corrected chi connectivity index (χ1v) is 4.42. The Morgan fingerprint density at radius 1 is 0.933 bits per heavy atom. The molecule has 0 amide bonds. The van der Waals surface area contributed by atoms with Gasteiger partial charge in [-0.3, -0.25) is 0 Å². The normalized spacial score (nSPS) is 24.1. The molecule has 1 fully saturated rings. The summed E-state index contributed by atoms with van der Waals surface area (Å²) in [4.78, 5) is 18.2. The molecule has 7 heteroatoms. The molecule has 1 saturated carbocycles. The van der Waals surface area contributed by atoms with E-state index in [0.29, 0.717) is 0 Å². The van der Waals surface area contributed by atoms with Crippen molar-refractivity contribution in [2.75, 3.05) is 0 Å². The van der Waals surface area contributed by atoms with Crippen molar-refractivity contribution in [1.82, 2.24) is 0 Å². The molecule has 0 aromatic carbocycles. The largest absolute Gasteiger partial charge is 2.00 e. The Hall–Kier alpha value is -0.452. The predicted molar refractivity (Wildman–Crippen MR) is 49.7 cm³/mol. The summed E-state index contributed by atoms with van der Waals surface area (Å²) in [5.74, 6) is -3.65. The molecule has 1 rings (SSSR count). The zero-order valence-electron chi connectivity index (χ0n) is 8.16. The zero-order valence-corrected chi connectivity index (χ0v) is 10.4. The van der Waals surface area contributed by atoms with Crippen LogP contribution in [0.25, 0.3) is 0 Å². The maximum Gasteiger partial charge on any atom is 2.00 e. The van der Waals surface area contributed by atoms with E-state index in [0.717, 1.165) is 12.8 Å². The molecule has 2 atom stereocenters. The molecular formula is C8H16N2O4Pt+2. The summed E-state index contributed by atoms with van der Waals surface area (Å²) in [6.07, 6.45) is 4.80. The third-order valence-corrected chi connectivity index (χ3v) is 2.06. The fourth-order valence-corrected chi connectivity index (χ4v) is 1.19. The van der Waals surface area contributed by atoms with Crippen LogP contribution in [0.4, 0.5) is 0 Å². The van der Waals surface area contributed by atoms with Gasteiger partial charge in [-0.2, -0.15) is 0 Å². The fourth-order valence-electron chi connectivity index (χ4n) is 1.19. The van der Waals surface area contributed by atoms with Crippen LogP contribution in [0.2, 0.25) is 0 Å². The second kappa shape index (κ2) is 8.82. The Morgan fingerprint density at radius 2 is 1.20 bits per heavy atom. The number of carboxylic acids is 2. The van der Waals surface area contributed by atoms with Crippen LogP contribution in [0.15, 0.2) is 0 Å². The average molecular weight is 399 g/mol. The van der Waals surface area contributed by atoms with Crippen LogP contribution >= 0.6 is 0 Å². The summed E-state index contributed by atoms with van der Waals surface area (Å²) in [6.45, 7) is 0. The van der Waals surface area contributed by atoms with Crippen LogP contribution in [0.5, 0.6) is 0 Å². The molecule has 6 N–H and O–H groups in total. The molecule has 0 radical (unpaired) electrons. The van der Waals surface area contributed by atoms with Crippen molar-refractivity contribution in [3.05, 3.63) is 0 Å². The first kappa shape index (κ1) is 17.0. The molecule has 0 aromatic rings. The molecular weight excluding hydrogens is 383 g/mol. The summed E-state index contributed by atoms with van der Waals surface area (Å²) in [7, 11) is 0. The summed E-state index contributed by atoms with van der Waals surface area (Å²) in [5.41, 5.74) is 11.3. The number of carbonyl (C=O) groups is 2. The summed E-state index contributed by atoms with van der Waals surface area (Å²) in [5, 5.41) is 14.8. The molecule has 0 bridgehead atoms. The third kappa shape index (κ3) is 8.54. The minimum atomic E-state index is -1.82. The first-order chi connectivity index (χ1) is 6.45. The van der Waals surface area contributed by atoms with Gasteiger partial charge in [0.2, 0.25) is 0 Å². The van der Waals surface area contributed by atoms with Gasteiger partial charge >= 0.3 is 33.0 Å². The molecule has 6 nitrogen and oxygen atoms in total. The SMILES string of the molecule is N[C@H]1CCCC[C@@H]1N.O=C(O)C(=O)O.[Pt+2]. The maximum absolute atomic E-state index is 9.10. The van der Waals surface area contributed by atoms with Gasteiger partial charge in [-0.15, -0.1) is 0 Å². The smallest absolute Gasteiger partial charge is 0.473 e. The van der Waals surface area contributed by atoms with Crippen LogP contribution in [0.3, 0.4) is 0 Å². The van der Waals surface area contributed by atoms with E-state index in [1.54, 1.807) is 0 Å². The van der Waals surface area contributed by atoms with E-state index in [1.807, 2.05) is 0 Å². The monoisotopic (exact) mass is 399 g/mol. The van der Waals surface area contributed by atoms with Gasteiger partial charge in [0, 0.05) is 12.1 Å². The van der Waals surface area contributed by atoms with E-state index < -0.39 is 11.9 Å². The molecule has 0 spiro atoms. The molecule has 0 unspecified atom stereocenters. The summed E-state index contributed by atoms with van der Waals surface area (Å²) in [6, 6.07) is 0.562. The minimum Gasteiger partial charge on any atom is -0.473 e. The Balaban J connectivity index is 0. The molecule has 0 heterocycles. The second-order valence-electron chi connectivity index (χ2n) is 3.22. The number of aliphatic carboxylic acids is 2. The quantitative estimate of drug-likeness (QED) is 0.402. The topological polar surface area (TPSA) is 127 Å². The number of rotatable bonds is 0. The van der Waals surface area contributed by atoms with Crippen molar-refractivity contribution in [2.45, 2.75) is 37.8 Å². The third-order valence-electron chi connectivity index (χ3n) is 2.06. The van der Waals surface area contributed by atoms with E-state index >= 15 is 0 Å². The predicted octanol–water partition coefficient (Wildman–Crippen LogP) is -0.632. The van der Waals surface area contributed by atoms with E-state index in [2.05, 4.69) is 0 Å². The van der Waals surface area contributed by atoms with Crippen LogP contribution in [0.1, 0.15) is 25.7 Å². The maximum atomic E-state index is 9.10. The second-order valence-corrected chi connectivity index (χ2v) is 3.22. The van der Waals surface area contributed by atoms with Crippen molar-refractivity contribution in [3.63, 3.8) is 0 Å². The first-order valence-electron chi connectivity index (χ1n) is 4.42. The molecule has 0 saturated heterocycles. The van der Waals surface area contributed by atoms with Gasteiger partial charge in [0.1, 0.15) is 0 Å². The Kier molecular flexibility index (Phi) is 9.98. The van der Waals surface area contributed by atoms with E-state index in [-0.39, 0.29) is 33.1 Å². The van der Waals surface area contributed by atoms with Crippen molar-refractivity contribution in [3.8, 4) is 0 Å². The van der Waals surface area contributed by atoms with Gasteiger partial charge in [0.05, 0.1) is 0 Å². The average Bonchev–Trinajstić information content (AvgIpc) is 2.11. The zero-order chi connectivity index (χ0) is 11.1. The van der Waals surface area contributed by atoms with Crippen molar-refractivity contribution in [2.24, 2.45) is 11.5 Å². The standard InChI is InChI=1S/C6H14N2.C2H2O4.Pt/c7-5-3-1-2-4-6(5)8;3-1(4)2(5)6;/h5-6H,1-4,7-8H2;(H,3,4)(H,5,6);/q;;+2/t5-,6-;;/m0../s1. The van der Waals surface area contributed by atoms with Crippen LogP contribution in [-0.2, 0) is 30.7 Å². The number of carboxylic acid groups (broad SMARTS) is 2. The fraction of sp³-hybridized carbons (Fsp3) is 0.750. The van der Waals surface area contributed by atoms with Crippen molar-refractivity contribution >= 4 is 11.9 Å². The van der Waals surface area contributed by atoms with E-state index in [4.69, 9.17) is 31.3 Å². The summed E-state index contributed by atoms with van der Waals surface area (Å²) < 4.78 is 0. The molecule has 1 aliphatic carbocycles. The summed E-state index contributed by atoms with van der Waals surface area (Å²) >= 11 is 0. The van der Waals surface area contributed by atoms with Gasteiger partial charge in [-0.05, 0) is 12.8 Å². The molecule has 90 valence electrons.